The van der Waals surface area contributed by atoms with Crippen molar-refractivity contribution in [2.45, 2.75) is 46.3 Å². The van der Waals surface area contributed by atoms with Gasteiger partial charge in [-0.05, 0) is 50.6 Å². The van der Waals surface area contributed by atoms with E-state index in [0.717, 1.165) is 12.8 Å². The first-order valence-corrected chi connectivity index (χ1v) is 9.27. The molecule has 2 rings (SSSR count). The number of aromatic nitrogens is 2. The Hall–Kier alpha value is -3.16. The Morgan fingerprint density at radius 3 is 2.50 bits per heavy atom. The van der Waals surface area contributed by atoms with Gasteiger partial charge in [-0.1, -0.05) is 13.3 Å². The van der Waals surface area contributed by atoms with Crippen LogP contribution in [0.2, 0.25) is 0 Å². The number of hydrogen-bond donors (Lipinski definition) is 1. The van der Waals surface area contributed by atoms with Crippen molar-refractivity contribution < 1.29 is 19.1 Å². The lowest BCUT2D eigenvalue weighted by atomic mass is 10.3. The Morgan fingerprint density at radius 2 is 1.86 bits per heavy atom. The summed E-state index contributed by atoms with van der Waals surface area (Å²) in [6.45, 7) is 6.32. The first kappa shape index (κ1) is 21.1. The Morgan fingerprint density at radius 1 is 1.14 bits per heavy atom. The SMILES string of the molecule is CCCCn1nc(C(=O)OC(C)C(=O)Nc2ccc(OCC)cc2)ccc1=O. The summed E-state index contributed by atoms with van der Waals surface area (Å²) >= 11 is 0. The van der Waals surface area contributed by atoms with Crippen LogP contribution >= 0.6 is 0 Å². The molecule has 0 aliphatic rings. The Bertz CT molecular complexity index is 861. The van der Waals surface area contributed by atoms with Gasteiger partial charge in [-0.15, -0.1) is 0 Å². The number of amides is 1. The van der Waals surface area contributed by atoms with E-state index >= 15 is 0 Å². The molecular weight excluding hydrogens is 362 g/mol. The van der Waals surface area contributed by atoms with Gasteiger partial charge in [0.15, 0.2) is 11.8 Å². The van der Waals surface area contributed by atoms with Crippen molar-refractivity contribution in [1.29, 1.82) is 0 Å². The van der Waals surface area contributed by atoms with E-state index < -0.39 is 18.0 Å². The fourth-order valence-electron chi connectivity index (χ4n) is 2.35. The summed E-state index contributed by atoms with van der Waals surface area (Å²) in [5.74, 6) is -0.541. The predicted octanol–water partition coefficient (Wildman–Crippen LogP) is 2.63. The molecule has 1 heterocycles. The van der Waals surface area contributed by atoms with Gasteiger partial charge in [-0.3, -0.25) is 9.59 Å². The van der Waals surface area contributed by atoms with Crippen LogP contribution in [0.15, 0.2) is 41.2 Å². The molecule has 0 aliphatic heterocycles. The van der Waals surface area contributed by atoms with Crippen LogP contribution in [0.25, 0.3) is 0 Å². The number of carbonyl (C=O) groups excluding carboxylic acids is 2. The molecule has 0 bridgehead atoms. The fraction of sp³-hybridized carbons (Fsp3) is 0.400. The Kier molecular flexibility index (Phi) is 7.74. The average molecular weight is 387 g/mol. The van der Waals surface area contributed by atoms with Crippen LogP contribution in [0.4, 0.5) is 5.69 Å². The van der Waals surface area contributed by atoms with E-state index in [1.807, 2.05) is 13.8 Å². The highest BCUT2D eigenvalue weighted by Gasteiger charge is 2.20. The van der Waals surface area contributed by atoms with E-state index in [0.29, 0.717) is 24.6 Å². The second-order valence-electron chi connectivity index (χ2n) is 6.13. The number of nitrogens with zero attached hydrogens (tertiary/aromatic N) is 2. The zero-order chi connectivity index (χ0) is 20.5. The van der Waals surface area contributed by atoms with Gasteiger partial charge in [-0.2, -0.15) is 5.10 Å². The number of ether oxygens (including phenoxy) is 2. The van der Waals surface area contributed by atoms with E-state index in [1.54, 1.807) is 24.3 Å². The van der Waals surface area contributed by atoms with Crippen LogP contribution in [-0.2, 0) is 16.1 Å². The van der Waals surface area contributed by atoms with Crippen molar-refractivity contribution in [1.82, 2.24) is 9.78 Å². The van der Waals surface area contributed by atoms with Gasteiger partial charge in [0.2, 0.25) is 0 Å². The smallest absolute Gasteiger partial charge is 0.359 e. The van der Waals surface area contributed by atoms with Crippen molar-refractivity contribution in [3.63, 3.8) is 0 Å². The van der Waals surface area contributed by atoms with E-state index in [1.165, 1.54) is 23.7 Å². The number of carbonyl (C=O) groups is 2. The lowest BCUT2D eigenvalue weighted by Gasteiger charge is -2.14. The molecule has 1 N–H and O–H groups in total. The molecule has 0 aliphatic carbocycles. The fourth-order valence-corrected chi connectivity index (χ4v) is 2.35. The minimum Gasteiger partial charge on any atom is -0.494 e. The molecule has 1 amide bonds. The van der Waals surface area contributed by atoms with Crippen LogP contribution < -0.4 is 15.6 Å². The maximum atomic E-state index is 12.3. The molecule has 0 spiro atoms. The Balaban J connectivity index is 1.97. The molecular formula is C20H25N3O5. The monoisotopic (exact) mass is 387 g/mol. The van der Waals surface area contributed by atoms with Gasteiger partial charge in [0.25, 0.3) is 11.5 Å². The maximum Gasteiger partial charge on any atom is 0.359 e. The predicted molar refractivity (Wildman–Crippen MR) is 105 cm³/mol. The number of rotatable bonds is 9. The van der Waals surface area contributed by atoms with Gasteiger partial charge in [0.05, 0.1) is 6.61 Å². The minimum absolute atomic E-state index is 0.0172. The van der Waals surface area contributed by atoms with Crippen molar-refractivity contribution >= 4 is 17.6 Å². The lowest BCUT2D eigenvalue weighted by Crippen LogP contribution is -2.31. The zero-order valence-electron chi connectivity index (χ0n) is 16.3. The van der Waals surface area contributed by atoms with Crippen molar-refractivity contribution in [3.8, 4) is 5.75 Å². The second kappa shape index (κ2) is 10.2. The lowest BCUT2D eigenvalue weighted by molar-refractivity contribution is -0.123. The van der Waals surface area contributed by atoms with E-state index in [9.17, 15) is 14.4 Å². The van der Waals surface area contributed by atoms with E-state index in [4.69, 9.17) is 9.47 Å². The molecule has 0 saturated heterocycles. The molecule has 8 heteroatoms. The maximum absolute atomic E-state index is 12.3. The topological polar surface area (TPSA) is 99.5 Å². The third-order valence-corrected chi connectivity index (χ3v) is 3.89. The summed E-state index contributed by atoms with van der Waals surface area (Å²) in [6.07, 6.45) is 0.634. The summed E-state index contributed by atoms with van der Waals surface area (Å²) in [7, 11) is 0. The second-order valence-corrected chi connectivity index (χ2v) is 6.13. The van der Waals surface area contributed by atoms with Crippen LogP contribution in [-0.4, -0.2) is 34.4 Å². The van der Waals surface area contributed by atoms with Crippen LogP contribution in [0, 0.1) is 0 Å². The molecule has 0 fully saturated rings. The first-order chi connectivity index (χ1) is 13.4. The number of hydrogen-bond acceptors (Lipinski definition) is 6. The third-order valence-electron chi connectivity index (χ3n) is 3.89. The minimum atomic E-state index is -1.03. The standard InChI is InChI=1S/C20H25N3O5/c1-4-6-13-23-18(24)12-11-17(22-23)20(26)28-14(3)19(25)21-15-7-9-16(10-8-15)27-5-2/h7-12,14H,4-6,13H2,1-3H3,(H,21,25). The van der Waals surface area contributed by atoms with Gasteiger partial charge in [0, 0.05) is 18.3 Å². The third kappa shape index (κ3) is 5.94. The highest BCUT2D eigenvalue weighted by atomic mass is 16.5. The molecule has 28 heavy (non-hydrogen) atoms. The highest BCUT2D eigenvalue weighted by Crippen LogP contribution is 2.16. The van der Waals surface area contributed by atoms with E-state index in [2.05, 4.69) is 10.4 Å². The normalized spacial score (nSPS) is 11.5. The number of anilines is 1. The van der Waals surface area contributed by atoms with Crippen molar-refractivity contribution in [2.75, 3.05) is 11.9 Å². The molecule has 1 aromatic carbocycles. The summed E-state index contributed by atoms with van der Waals surface area (Å²) in [5, 5.41) is 6.69. The van der Waals surface area contributed by atoms with Gasteiger partial charge in [0.1, 0.15) is 5.75 Å². The quantitative estimate of drug-likeness (QED) is 0.664. The molecule has 1 aromatic heterocycles. The van der Waals surface area contributed by atoms with Gasteiger partial charge >= 0.3 is 5.97 Å². The molecule has 0 saturated carbocycles. The zero-order valence-corrected chi connectivity index (χ0v) is 16.3. The number of benzene rings is 1. The van der Waals surface area contributed by atoms with Crippen molar-refractivity contribution in [2.24, 2.45) is 0 Å². The van der Waals surface area contributed by atoms with Crippen molar-refractivity contribution in [3.05, 3.63) is 52.4 Å². The summed E-state index contributed by atoms with van der Waals surface area (Å²) in [6, 6.07) is 9.43. The van der Waals surface area contributed by atoms with Crippen LogP contribution in [0.1, 0.15) is 44.1 Å². The largest absolute Gasteiger partial charge is 0.494 e. The number of esters is 1. The highest BCUT2D eigenvalue weighted by molar-refractivity contribution is 5.96. The number of aryl methyl sites for hydroxylation is 1. The molecule has 8 nitrogen and oxygen atoms in total. The molecule has 1 atom stereocenters. The molecule has 2 aromatic rings. The number of nitrogens with one attached hydrogen (secondary N) is 1. The summed E-state index contributed by atoms with van der Waals surface area (Å²) in [5.41, 5.74) is 0.255. The van der Waals surface area contributed by atoms with Gasteiger partial charge < -0.3 is 14.8 Å². The number of unbranched alkanes of at least 4 members (excludes halogenated alkanes) is 1. The molecule has 1 unspecified atom stereocenters. The first-order valence-electron chi connectivity index (χ1n) is 9.27. The Labute approximate surface area is 163 Å². The molecule has 150 valence electrons. The van der Waals surface area contributed by atoms with Crippen LogP contribution in [0.5, 0.6) is 5.75 Å². The average Bonchev–Trinajstić information content (AvgIpc) is 2.68. The molecule has 0 radical (unpaired) electrons. The summed E-state index contributed by atoms with van der Waals surface area (Å²) < 4.78 is 11.7. The summed E-state index contributed by atoms with van der Waals surface area (Å²) in [4.78, 5) is 36.3. The van der Waals surface area contributed by atoms with E-state index in [-0.39, 0.29) is 11.3 Å². The van der Waals surface area contributed by atoms with Gasteiger partial charge in [-0.25, -0.2) is 9.48 Å². The van der Waals surface area contributed by atoms with Crippen LogP contribution in [0.3, 0.4) is 0 Å².